The highest BCUT2D eigenvalue weighted by Crippen LogP contribution is 2.40. The van der Waals surface area contributed by atoms with Crippen molar-refractivity contribution in [3.8, 4) is 5.75 Å². The molecule has 0 saturated heterocycles. The molecule has 2 atom stereocenters. The van der Waals surface area contributed by atoms with Crippen molar-refractivity contribution in [3.05, 3.63) is 58.1 Å². The lowest BCUT2D eigenvalue weighted by Gasteiger charge is -2.34. The van der Waals surface area contributed by atoms with E-state index in [1.165, 1.54) is 11.1 Å². The molecule has 104 valence electrons. The first-order chi connectivity index (χ1) is 9.54. The van der Waals surface area contributed by atoms with Gasteiger partial charge in [-0.05, 0) is 55.7 Å². The maximum atomic E-state index is 6.25. The molecular formula is C17H18ClNO. The number of fused-ring (bicyclic) bond motifs is 1. The van der Waals surface area contributed by atoms with E-state index >= 15 is 0 Å². The third kappa shape index (κ3) is 2.36. The van der Waals surface area contributed by atoms with Gasteiger partial charge in [0.25, 0.3) is 0 Å². The van der Waals surface area contributed by atoms with Crippen molar-refractivity contribution in [2.75, 3.05) is 5.32 Å². The van der Waals surface area contributed by atoms with Crippen molar-refractivity contribution in [2.24, 2.45) is 0 Å². The van der Waals surface area contributed by atoms with Crippen LogP contribution in [0.2, 0.25) is 5.02 Å². The Morgan fingerprint density at radius 3 is 2.50 bits per heavy atom. The summed E-state index contributed by atoms with van der Waals surface area (Å²) in [7, 11) is 0. The molecule has 2 aromatic rings. The lowest BCUT2D eigenvalue weighted by atomic mass is 9.99. The van der Waals surface area contributed by atoms with Gasteiger partial charge in [0.1, 0.15) is 11.9 Å². The Balaban J connectivity index is 1.98. The molecule has 1 aliphatic rings. The zero-order valence-electron chi connectivity index (χ0n) is 11.9. The van der Waals surface area contributed by atoms with Crippen LogP contribution in [-0.2, 0) is 0 Å². The number of ether oxygens (including phenoxy) is 1. The van der Waals surface area contributed by atoms with E-state index in [-0.39, 0.29) is 12.1 Å². The standard InChI is InChI=1S/C17H18ClNO/c1-10-8-11(2)16-15(9-10)19-12(3)17(20-16)13-4-6-14(18)7-5-13/h4-9,12,17,19H,1-3H3. The largest absolute Gasteiger partial charge is 0.481 e. The molecule has 3 heteroatoms. The normalized spacial score (nSPS) is 20.8. The van der Waals surface area contributed by atoms with Crippen LogP contribution in [0.4, 0.5) is 5.69 Å². The monoisotopic (exact) mass is 287 g/mol. The van der Waals surface area contributed by atoms with E-state index in [2.05, 4.69) is 38.2 Å². The van der Waals surface area contributed by atoms with Gasteiger partial charge in [-0.2, -0.15) is 0 Å². The summed E-state index contributed by atoms with van der Waals surface area (Å²) in [5.74, 6) is 0.952. The molecule has 1 N–H and O–H groups in total. The van der Waals surface area contributed by atoms with Gasteiger partial charge in [-0.25, -0.2) is 0 Å². The fourth-order valence-corrected chi connectivity index (χ4v) is 2.90. The van der Waals surface area contributed by atoms with Crippen LogP contribution in [0, 0.1) is 13.8 Å². The third-order valence-corrected chi connectivity index (χ3v) is 3.95. The summed E-state index contributed by atoms with van der Waals surface area (Å²) in [5, 5.41) is 4.29. The van der Waals surface area contributed by atoms with Crippen molar-refractivity contribution in [3.63, 3.8) is 0 Å². The van der Waals surface area contributed by atoms with Crippen LogP contribution in [0.3, 0.4) is 0 Å². The third-order valence-electron chi connectivity index (χ3n) is 3.70. The van der Waals surface area contributed by atoms with E-state index in [9.17, 15) is 0 Å². The van der Waals surface area contributed by atoms with Gasteiger partial charge in [0.15, 0.2) is 0 Å². The number of nitrogens with one attached hydrogen (secondary N) is 1. The number of halogens is 1. The van der Waals surface area contributed by atoms with Gasteiger partial charge < -0.3 is 10.1 Å². The zero-order chi connectivity index (χ0) is 14.3. The number of hydrogen-bond acceptors (Lipinski definition) is 2. The Morgan fingerprint density at radius 1 is 1.10 bits per heavy atom. The molecule has 0 bridgehead atoms. The van der Waals surface area contributed by atoms with Crippen LogP contribution in [0.1, 0.15) is 29.7 Å². The lowest BCUT2D eigenvalue weighted by Crippen LogP contribution is -2.33. The molecule has 2 aromatic carbocycles. The van der Waals surface area contributed by atoms with Crippen molar-refractivity contribution >= 4 is 17.3 Å². The minimum atomic E-state index is 0.00109. The van der Waals surface area contributed by atoms with Crippen molar-refractivity contribution in [1.29, 1.82) is 0 Å². The average Bonchev–Trinajstić information content (AvgIpc) is 2.39. The quantitative estimate of drug-likeness (QED) is 0.806. The first-order valence-corrected chi connectivity index (χ1v) is 7.22. The lowest BCUT2D eigenvalue weighted by molar-refractivity contribution is 0.176. The summed E-state index contributed by atoms with van der Waals surface area (Å²) >= 11 is 5.95. The average molecular weight is 288 g/mol. The van der Waals surface area contributed by atoms with Crippen LogP contribution < -0.4 is 10.1 Å². The molecule has 2 nitrogen and oxygen atoms in total. The van der Waals surface area contributed by atoms with Gasteiger partial charge in [0, 0.05) is 5.02 Å². The summed E-state index contributed by atoms with van der Waals surface area (Å²) in [6, 6.07) is 12.4. The molecule has 0 spiro atoms. The number of rotatable bonds is 1. The van der Waals surface area contributed by atoms with Gasteiger partial charge in [-0.1, -0.05) is 29.8 Å². The van der Waals surface area contributed by atoms with E-state index < -0.39 is 0 Å². The molecule has 20 heavy (non-hydrogen) atoms. The topological polar surface area (TPSA) is 21.3 Å². The number of benzene rings is 2. The Morgan fingerprint density at radius 2 is 1.80 bits per heavy atom. The highest BCUT2D eigenvalue weighted by molar-refractivity contribution is 6.30. The van der Waals surface area contributed by atoms with Gasteiger partial charge in [-0.3, -0.25) is 0 Å². The van der Waals surface area contributed by atoms with Crippen LogP contribution in [0.15, 0.2) is 36.4 Å². The van der Waals surface area contributed by atoms with E-state index in [0.717, 1.165) is 22.0 Å². The minimum Gasteiger partial charge on any atom is -0.481 e. The van der Waals surface area contributed by atoms with Crippen molar-refractivity contribution in [2.45, 2.75) is 32.9 Å². The Hall–Kier alpha value is -1.67. The highest BCUT2D eigenvalue weighted by atomic mass is 35.5. The predicted molar refractivity (Wildman–Crippen MR) is 83.8 cm³/mol. The summed E-state index contributed by atoms with van der Waals surface area (Å²) in [6.07, 6.45) is 0.00109. The predicted octanol–water partition coefficient (Wildman–Crippen LogP) is 4.89. The minimum absolute atomic E-state index is 0.00109. The van der Waals surface area contributed by atoms with Crippen LogP contribution in [0.25, 0.3) is 0 Å². The Kier molecular flexibility index (Phi) is 3.35. The van der Waals surface area contributed by atoms with Crippen LogP contribution in [-0.4, -0.2) is 6.04 Å². The van der Waals surface area contributed by atoms with E-state index in [0.29, 0.717) is 0 Å². The maximum absolute atomic E-state index is 6.25. The first kappa shape index (κ1) is 13.3. The van der Waals surface area contributed by atoms with Gasteiger partial charge >= 0.3 is 0 Å². The van der Waals surface area contributed by atoms with Crippen molar-refractivity contribution in [1.82, 2.24) is 0 Å². The summed E-state index contributed by atoms with van der Waals surface area (Å²) < 4.78 is 6.25. The molecule has 0 aliphatic carbocycles. The van der Waals surface area contributed by atoms with Gasteiger partial charge in [-0.15, -0.1) is 0 Å². The maximum Gasteiger partial charge on any atom is 0.146 e. The number of hydrogen-bond donors (Lipinski definition) is 1. The summed E-state index contributed by atoms with van der Waals surface area (Å²) in [4.78, 5) is 0. The zero-order valence-corrected chi connectivity index (χ0v) is 12.7. The molecule has 0 radical (unpaired) electrons. The molecular weight excluding hydrogens is 270 g/mol. The summed E-state index contributed by atoms with van der Waals surface area (Å²) in [5.41, 5.74) is 4.63. The fourth-order valence-electron chi connectivity index (χ4n) is 2.78. The van der Waals surface area contributed by atoms with Gasteiger partial charge in [0.05, 0.1) is 11.7 Å². The Labute approximate surface area is 124 Å². The van der Waals surface area contributed by atoms with Crippen molar-refractivity contribution < 1.29 is 4.74 Å². The van der Waals surface area contributed by atoms with E-state index in [4.69, 9.17) is 16.3 Å². The second-order valence-corrected chi connectivity index (χ2v) is 5.92. The number of aryl methyl sites for hydroxylation is 2. The molecule has 0 aromatic heterocycles. The van der Waals surface area contributed by atoms with Gasteiger partial charge in [0.2, 0.25) is 0 Å². The second-order valence-electron chi connectivity index (χ2n) is 5.48. The van der Waals surface area contributed by atoms with Crippen LogP contribution >= 0.6 is 11.6 Å². The molecule has 0 saturated carbocycles. The number of anilines is 1. The molecule has 2 unspecified atom stereocenters. The molecule has 1 aliphatic heterocycles. The first-order valence-electron chi connectivity index (χ1n) is 6.84. The van der Waals surface area contributed by atoms with E-state index in [1.807, 2.05) is 24.3 Å². The SMILES string of the molecule is Cc1cc(C)c2c(c1)NC(C)C(c1ccc(Cl)cc1)O2. The highest BCUT2D eigenvalue weighted by Gasteiger charge is 2.28. The van der Waals surface area contributed by atoms with Crippen LogP contribution in [0.5, 0.6) is 5.75 Å². The summed E-state index contributed by atoms with van der Waals surface area (Å²) in [6.45, 7) is 6.33. The smallest absolute Gasteiger partial charge is 0.146 e. The molecule has 1 heterocycles. The molecule has 3 rings (SSSR count). The molecule has 0 amide bonds. The molecule has 0 fully saturated rings. The Bertz CT molecular complexity index is 636. The second kappa shape index (κ2) is 5.02. The fraction of sp³-hybridized carbons (Fsp3) is 0.294. The van der Waals surface area contributed by atoms with E-state index in [1.54, 1.807) is 0 Å².